The van der Waals surface area contributed by atoms with Gasteiger partial charge in [0.2, 0.25) is 5.91 Å². The van der Waals surface area contributed by atoms with Crippen LogP contribution in [0.15, 0.2) is 48.5 Å². The number of thiazole rings is 1. The Balaban J connectivity index is 0.000000540. The number of nitrogens with zero attached hydrogens (tertiary/aromatic N) is 1. The molecule has 1 atom stereocenters. The maximum absolute atomic E-state index is 10.4. The van der Waals surface area contributed by atoms with Crippen molar-refractivity contribution in [1.82, 2.24) is 4.98 Å². The van der Waals surface area contributed by atoms with Gasteiger partial charge in [-0.2, -0.15) is 0 Å². The number of primary amides is 1. The number of hydrogen-bond acceptors (Lipinski definition) is 6. The smallest absolute Gasteiger partial charge is 0.234 e. The number of fused-ring (bicyclic) bond motifs is 1. The zero-order valence-corrected chi connectivity index (χ0v) is 17.9. The summed E-state index contributed by atoms with van der Waals surface area (Å²) in [6.07, 6.45) is 2.42. The molecule has 0 unspecified atom stereocenters. The lowest BCUT2D eigenvalue weighted by Crippen LogP contribution is -2.36. The monoisotopic (exact) mass is 443 g/mol. The van der Waals surface area contributed by atoms with Gasteiger partial charge < -0.3 is 22.9 Å². The molecule has 3 aromatic rings. The quantitative estimate of drug-likeness (QED) is 0.342. The Morgan fingerprint density at radius 1 is 1.04 bits per heavy atom. The van der Waals surface area contributed by atoms with E-state index in [-0.39, 0.29) is 24.8 Å². The van der Waals surface area contributed by atoms with Gasteiger partial charge in [-0.15, -0.1) is 36.2 Å². The molecular weight excluding hydrogens is 417 g/mol. The first-order chi connectivity index (χ1) is 12.5. The second-order valence-corrected chi connectivity index (χ2v) is 6.93. The first-order valence-corrected chi connectivity index (χ1v) is 9.29. The molecule has 1 amide bonds. The number of rotatable bonds is 6. The summed E-state index contributed by atoms with van der Waals surface area (Å²) in [6, 6.07) is 15.5. The number of hydrogen-bond donors (Lipinski definition) is 4. The van der Waals surface area contributed by atoms with Crippen LogP contribution < -0.4 is 22.9 Å². The lowest BCUT2D eigenvalue weighted by Gasteiger charge is -2.04. The van der Waals surface area contributed by atoms with E-state index < -0.39 is 11.9 Å². The zero-order chi connectivity index (χ0) is 18.9. The molecule has 2 aromatic carbocycles. The third kappa shape index (κ3) is 8.00. The van der Waals surface area contributed by atoms with Crippen LogP contribution in [0.4, 0.5) is 5.69 Å². The van der Waals surface area contributed by atoms with Crippen LogP contribution in [-0.4, -0.2) is 23.5 Å². The normalized spacial score (nSPS) is 10.8. The fourth-order valence-electron chi connectivity index (χ4n) is 2.27. The van der Waals surface area contributed by atoms with E-state index in [0.29, 0.717) is 13.0 Å². The molecule has 1 aromatic heterocycles. The summed E-state index contributed by atoms with van der Waals surface area (Å²) in [5.41, 5.74) is 24.1. The highest BCUT2D eigenvalue weighted by atomic mass is 35.5. The van der Waals surface area contributed by atoms with Crippen LogP contribution in [0.2, 0.25) is 0 Å². The molecule has 0 spiro atoms. The second-order valence-electron chi connectivity index (χ2n) is 5.90. The molecule has 9 heteroatoms. The summed E-state index contributed by atoms with van der Waals surface area (Å²) in [5.74, 6) is -0.433. The molecule has 0 bridgehead atoms. The Kier molecular flexibility index (Phi) is 12.4. The minimum atomic E-state index is -0.494. The Hall–Kier alpha value is -1.90. The first kappa shape index (κ1) is 26.1. The minimum absolute atomic E-state index is 0. The number of nitrogen functional groups attached to an aromatic ring is 1. The van der Waals surface area contributed by atoms with Crippen LogP contribution in [0.1, 0.15) is 19.3 Å². The average Bonchev–Trinajstić information content (AvgIpc) is 3.07. The van der Waals surface area contributed by atoms with Crippen LogP contribution in [0.5, 0.6) is 0 Å². The zero-order valence-electron chi connectivity index (χ0n) is 15.4. The molecule has 0 saturated heterocycles. The predicted octanol–water partition coefficient (Wildman–Crippen LogP) is 3.32. The Bertz CT molecular complexity index is 809. The van der Waals surface area contributed by atoms with Crippen LogP contribution in [-0.2, 0) is 4.79 Å². The molecular formula is C19H27Cl2N5OS. The summed E-state index contributed by atoms with van der Waals surface area (Å²) >= 11 is 1.70. The van der Waals surface area contributed by atoms with Crippen LogP contribution >= 0.6 is 36.2 Å². The van der Waals surface area contributed by atoms with E-state index in [1.165, 1.54) is 4.70 Å². The van der Waals surface area contributed by atoms with Crippen LogP contribution in [0.25, 0.3) is 20.8 Å². The molecule has 0 saturated carbocycles. The topological polar surface area (TPSA) is 134 Å². The van der Waals surface area contributed by atoms with Crippen molar-refractivity contribution in [2.45, 2.75) is 25.3 Å². The Labute approximate surface area is 181 Å². The van der Waals surface area contributed by atoms with Gasteiger partial charge in [0, 0.05) is 11.3 Å². The molecule has 3 rings (SSSR count). The summed E-state index contributed by atoms with van der Waals surface area (Å²) in [6.45, 7) is 0.644. The number of carbonyl (C=O) groups excluding carboxylic acids is 1. The number of halogens is 2. The highest BCUT2D eigenvalue weighted by Crippen LogP contribution is 2.30. The van der Waals surface area contributed by atoms with Crippen molar-refractivity contribution in [2.24, 2.45) is 17.2 Å². The maximum atomic E-state index is 10.4. The maximum Gasteiger partial charge on any atom is 0.234 e. The molecule has 154 valence electrons. The molecule has 8 N–H and O–H groups in total. The molecule has 0 aliphatic rings. The Morgan fingerprint density at radius 3 is 2.25 bits per heavy atom. The van der Waals surface area contributed by atoms with Gasteiger partial charge in [0.25, 0.3) is 0 Å². The van der Waals surface area contributed by atoms with E-state index in [9.17, 15) is 4.79 Å². The van der Waals surface area contributed by atoms with Crippen LogP contribution in [0, 0.1) is 0 Å². The lowest BCUT2D eigenvalue weighted by atomic mass is 10.1. The molecule has 0 aliphatic carbocycles. The summed E-state index contributed by atoms with van der Waals surface area (Å²) in [4.78, 5) is 14.9. The van der Waals surface area contributed by atoms with Crippen molar-refractivity contribution in [2.75, 3.05) is 12.3 Å². The fraction of sp³-hybridized carbons (Fsp3) is 0.263. The molecule has 0 fully saturated rings. The predicted molar refractivity (Wildman–Crippen MR) is 124 cm³/mol. The van der Waals surface area contributed by atoms with E-state index in [1.54, 1.807) is 11.3 Å². The van der Waals surface area contributed by atoms with Crippen LogP contribution in [0.3, 0.4) is 0 Å². The molecule has 0 aliphatic heterocycles. The number of benzene rings is 2. The highest BCUT2D eigenvalue weighted by Gasteiger charge is 2.07. The van der Waals surface area contributed by atoms with Crippen molar-refractivity contribution in [1.29, 1.82) is 0 Å². The molecule has 6 nitrogen and oxygen atoms in total. The number of nitrogens with two attached hydrogens (primary N) is 4. The lowest BCUT2D eigenvalue weighted by molar-refractivity contribution is -0.119. The minimum Gasteiger partial charge on any atom is -0.399 e. The third-order valence-corrected chi connectivity index (χ3v) is 4.87. The van der Waals surface area contributed by atoms with E-state index in [4.69, 9.17) is 22.9 Å². The van der Waals surface area contributed by atoms with Gasteiger partial charge >= 0.3 is 0 Å². The van der Waals surface area contributed by atoms with Crippen molar-refractivity contribution < 1.29 is 4.79 Å². The second kappa shape index (κ2) is 13.3. The van der Waals surface area contributed by atoms with Crippen molar-refractivity contribution in [3.8, 4) is 10.6 Å². The highest BCUT2D eigenvalue weighted by molar-refractivity contribution is 7.21. The van der Waals surface area contributed by atoms with E-state index in [1.807, 2.05) is 42.5 Å². The number of carbonyl (C=O) groups is 1. The van der Waals surface area contributed by atoms with Crippen molar-refractivity contribution >= 4 is 58.0 Å². The number of amides is 1. The van der Waals surface area contributed by atoms with Gasteiger partial charge in [0.1, 0.15) is 5.01 Å². The molecule has 28 heavy (non-hydrogen) atoms. The van der Waals surface area contributed by atoms with E-state index in [2.05, 4.69) is 11.1 Å². The number of aromatic nitrogens is 1. The SMILES string of the molecule is Cl.Cl.NCCCC[C@H](N)C(N)=O.Nc1ccc(-c2nc3ccccc3s2)cc1. The first-order valence-electron chi connectivity index (χ1n) is 8.47. The summed E-state index contributed by atoms with van der Waals surface area (Å²) < 4.78 is 1.22. The van der Waals surface area contributed by atoms with Gasteiger partial charge in [-0.25, -0.2) is 4.98 Å². The average molecular weight is 444 g/mol. The number of anilines is 1. The van der Waals surface area contributed by atoms with Crippen molar-refractivity contribution in [3.05, 3.63) is 48.5 Å². The number of para-hydroxylation sites is 1. The molecule has 1 heterocycles. The van der Waals surface area contributed by atoms with Gasteiger partial charge in [0.05, 0.1) is 16.3 Å². The Morgan fingerprint density at radius 2 is 1.68 bits per heavy atom. The largest absolute Gasteiger partial charge is 0.399 e. The fourth-order valence-corrected chi connectivity index (χ4v) is 3.24. The van der Waals surface area contributed by atoms with Gasteiger partial charge in [-0.05, 0) is 55.8 Å². The summed E-state index contributed by atoms with van der Waals surface area (Å²) in [7, 11) is 0. The standard InChI is InChI=1S/C13H10N2S.C6H15N3O.2ClH/c14-10-7-5-9(6-8-10)13-15-11-3-1-2-4-12(11)16-13;7-4-2-1-3-5(8)6(9)10;;/h1-8H,14H2;5H,1-4,7-8H2,(H2,9,10);2*1H/t;5-;;/m.0../s1. The number of unbranched alkanes of at least 4 members (excludes halogenated alkanes) is 1. The third-order valence-electron chi connectivity index (χ3n) is 3.79. The van der Waals surface area contributed by atoms with Gasteiger partial charge in [-0.3, -0.25) is 4.79 Å². The van der Waals surface area contributed by atoms with E-state index >= 15 is 0 Å². The van der Waals surface area contributed by atoms with Crippen molar-refractivity contribution in [3.63, 3.8) is 0 Å². The molecule has 0 radical (unpaired) electrons. The van der Waals surface area contributed by atoms with Gasteiger partial charge in [-0.1, -0.05) is 18.6 Å². The van der Waals surface area contributed by atoms with E-state index in [0.717, 1.165) is 34.6 Å². The van der Waals surface area contributed by atoms with Gasteiger partial charge in [0.15, 0.2) is 0 Å². The summed E-state index contributed by atoms with van der Waals surface area (Å²) in [5, 5.41) is 1.04.